The minimum Gasteiger partial charge on any atom is -0.380 e. The van der Waals surface area contributed by atoms with Gasteiger partial charge in [-0.2, -0.15) is 0 Å². The van der Waals surface area contributed by atoms with Gasteiger partial charge >= 0.3 is 0 Å². The SMILES string of the molecule is COCc1ccc(CNc2ccc(F)cc2Br)cc1. The van der Waals surface area contributed by atoms with Gasteiger partial charge in [0.15, 0.2) is 0 Å². The number of hydrogen-bond donors (Lipinski definition) is 1. The summed E-state index contributed by atoms with van der Waals surface area (Å²) in [5.74, 6) is -0.249. The Labute approximate surface area is 120 Å². The highest BCUT2D eigenvalue weighted by Crippen LogP contribution is 2.23. The fraction of sp³-hybridized carbons (Fsp3) is 0.200. The molecule has 0 bridgehead atoms. The molecule has 2 nitrogen and oxygen atoms in total. The predicted molar refractivity (Wildman–Crippen MR) is 78.6 cm³/mol. The first-order valence-electron chi connectivity index (χ1n) is 5.94. The topological polar surface area (TPSA) is 21.3 Å². The van der Waals surface area contributed by atoms with Crippen molar-refractivity contribution in [1.82, 2.24) is 0 Å². The van der Waals surface area contributed by atoms with Gasteiger partial charge in [-0.1, -0.05) is 24.3 Å². The number of methoxy groups -OCH3 is 1. The van der Waals surface area contributed by atoms with Gasteiger partial charge in [-0.15, -0.1) is 0 Å². The molecule has 1 N–H and O–H groups in total. The first-order chi connectivity index (χ1) is 9.19. The molecular weight excluding hydrogens is 309 g/mol. The number of halogens is 2. The van der Waals surface area contributed by atoms with Crippen LogP contribution in [-0.2, 0) is 17.9 Å². The quantitative estimate of drug-likeness (QED) is 0.883. The van der Waals surface area contributed by atoms with Crippen LogP contribution in [0.5, 0.6) is 0 Å². The van der Waals surface area contributed by atoms with E-state index in [4.69, 9.17) is 4.74 Å². The van der Waals surface area contributed by atoms with Gasteiger partial charge in [0.1, 0.15) is 5.82 Å². The maximum absolute atomic E-state index is 13.0. The average molecular weight is 324 g/mol. The lowest BCUT2D eigenvalue weighted by molar-refractivity contribution is 0.185. The third-order valence-corrected chi connectivity index (χ3v) is 3.40. The van der Waals surface area contributed by atoms with Crippen LogP contribution in [0.4, 0.5) is 10.1 Å². The van der Waals surface area contributed by atoms with Crippen LogP contribution in [-0.4, -0.2) is 7.11 Å². The third-order valence-electron chi connectivity index (χ3n) is 2.75. The second-order valence-electron chi connectivity index (χ2n) is 4.23. The lowest BCUT2D eigenvalue weighted by Crippen LogP contribution is -2.00. The maximum Gasteiger partial charge on any atom is 0.124 e. The Bertz CT molecular complexity index is 542. The van der Waals surface area contributed by atoms with Gasteiger partial charge in [-0.05, 0) is 45.3 Å². The Kier molecular flexibility index (Phi) is 4.93. The molecule has 0 amide bonds. The standard InChI is InChI=1S/C15H15BrFNO/c1-19-10-12-4-2-11(3-5-12)9-18-15-7-6-13(17)8-14(15)16/h2-8,18H,9-10H2,1H3. The Morgan fingerprint density at radius 3 is 2.42 bits per heavy atom. The van der Waals surface area contributed by atoms with Crippen molar-refractivity contribution in [2.24, 2.45) is 0 Å². The first-order valence-corrected chi connectivity index (χ1v) is 6.74. The molecule has 0 spiro atoms. The minimum absolute atomic E-state index is 0.249. The number of nitrogens with one attached hydrogen (secondary N) is 1. The summed E-state index contributed by atoms with van der Waals surface area (Å²) in [7, 11) is 1.68. The number of rotatable bonds is 5. The molecule has 0 saturated heterocycles. The fourth-order valence-electron chi connectivity index (χ4n) is 1.75. The summed E-state index contributed by atoms with van der Waals surface area (Å²) in [4.78, 5) is 0. The molecule has 0 aromatic heterocycles. The van der Waals surface area contributed by atoms with Crippen molar-refractivity contribution < 1.29 is 9.13 Å². The summed E-state index contributed by atoms with van der Waals surface area (Å²) in [6.45, 7) is 1.31. The van der Waals surface area contributed by atoms with E-state index < -0.39 is 0 Å². The van der Waals surface area contributed by atoms with Crippen molar-refractivity contribution in [3.63, 3.8) is 0 Å². The Morgan fingerprint density at radius 1 is 1.11 bits per heavy atom. The molecule has 0 saturated carbocycles. The molecule has 0 heterocycles. The Hall–Kier alpha value is -1.39. The van der Waals surface area contributed by atoms with Crippen LogP contribution in [0.3, 0.4) is 0 Å². The molecule has 0 aliphatic rings. The van der Waals surface area contributed by atoms with E-state index in [-0.39, 0.29) is 5.82 Å². The molecular formula is C15H15BrFNO. The van der Waals surface area contributed by atoms with Crippen molar-refractivity contribution in [3.8, 4) is 0 Å². The molecule has 2 aromatic rings. The zero-order valence-electron chi connectivity index (χ0n) is 10.6. The summed E-state index contributed by atoms with van der Waals surface area (Å²) in [5.41, 5.74) is 3.19. The predicted octanol–water partition coefficient (Wildman–Crippen LogP) is 4.35. The van der Waals surface area contributed by atoms with E-state index in [1.165, 1.54) is 12.1 Å². The molecule has 0 aliphatic heterocycles. The lowest BCUT2D eigenvalue weighted by atomic mass is 10.1. The molecule has 0 aliphatic carbocycles. The highest BCUT2D eigenvalue weighted by atomic mass is 79.9. The van der Waals surface area contributed by atoms with E-state index in [9.17, 15) is 4.39 Å². The first kappa shape index (κ1) is 14.0. The van der Waals surface area contributed by atoms with Crippen molar-refractivity contribution in [2.75, 3.05) is 12.4 Å². The van der Waals surface area contributed by atoms with Gasteiger partial charge < -0.3 is 10.1 Å². The average Bonchev–Trinajstić information content (AvgIpc) is 2.40. The third kappa shape index (κ3) is 4.04. The second kappa shape index (κ2) is 6.68. The van der Waals surface area contributed by atoms with E-state index in [2.05, 4.69) is 33.4 Å². The maximum atomic E-state index is 13.0. The van der Waals surface area contributed by atoms with Gasteiger partial charge in [0.05, 0.1) is 6.61 Å². The van der Waals surface area contributed by atoms with Crippen LogP contribution in [0, 0.1) is 5.82 Å². The van der Waals surface area contributed by atoms with Crippen LogP contribution in [0.15, 0.2) is 46.9 Å². The summed E-state index contributed by atoms with van der Waals surface area (Å²) >= 11 is 3.33. The van der Waals surface area contributed by atoms with Gasteiger partial charge in [-0.25, -0.2) is 4.39 Å². The highest BCUT2D eigenvalue weighted by molar-refractivity contribution is 9.10. The molecule has 0 radical (unpaired) electrons. The van der Waals surface area contributed by atoms with E-state index in [1.54, 1.807) is 13.2 Å². The van der Waals surface area contributed by atoms with Crippen LogP contribution in [0.2, 0.25) is 0 Å². The summed E-state index contributed by atoms with van der Waals surface area (Å²) in [5, 5.41) is 3.26. The number of anilines is 1. The minimum atomic E-state index is -0.249. The molecule has 0 atom stereocenters. The normalized spacial score (nSPS) is 10.5. The van der Waals surface area contributed by atoms with Crippen molar-refractivity contribution in [2.45, 2.75) is 13.2 Å². The van der Waals surface area contributed by atoms with Crippen LogP contribution < -0.4 is 5.32 Å². The van der Waals surface area contributed by atoms with Crippen molar-refractivity contribution in [1.29, 1.82) is 0 Å². The smallest absolute Gasteiger partial charge is 0.124 e. The van der Waals surface area contributed by atoms with Crippen LogP contribution >= 0.6 is 15.9 Å². The van der Waals surface area contributed by atoms with Crippen molar-refractivity contribution in [3.05, 3.63) is 63.9 Å². The summed E-state index contributed by atoms with van der Waals surface area (Å²) < 4.78 is 18.8. The van der Waals surface area contributed by atoms with Gasteiger partial charge in [0, 0.05) is 23.8 Å². The zero-order valence-corrected chi connectivity index (χ0v) is 12.2. The largest absolute Gasteiger partial charge is 0.380 e. The van der Waals surface area contributed by atoms with Gasteiger partial charge in [0.25, 0.3) is 0 Å². The number of benzene rings is 2. The zero-order chi connectivity index (χ0) is 13.7. The molecule has 19 heavy (non-hydrogen) atoms. The highest BCUT2D eigenvalue weighted by Gasteiger charge is 2.01. The Balaban J connectivity index is 1.98. The summed E-state index contributed by atoms with van der Waals surface area (Å²) in [6, 6.07) is 12.8. The molecule has 2 rings (SSSR count). The molecule has 0 unspecified atom stereocenters. The van der Waals surface area contributed by atoms with E-state index in [1.807, 2.05) is 12.1 Å². The monoisotopic (exact) mass is 323 g/mol. The fourth-order valence-corrected chi connectivity index (χ4v) is 2.24. The second-order valence-corrected chi connectivity index (χ2v) is 5.08. The van der Waals surface area contributed by atoms with Crippen LogP contribution in [0.25, 0.3) is 0 Å². The van der Waals surface area contributed by atoms with Crippen LogP contribution in [0.1, 0.15) is 11.1 Å². The molecule has 100 valence electrons. The van der Waals surface area contributed by atoms with E-state index in [0.717, 1.165) is 21.3 Å². The van der Waals surface area contributed by atoms with Gasteiger partial charge in [-0.3, -0.25) is 0 Å². The molecule has 0 fully saturated rings. The summed E-state index contributed by atoms with van der Waals surface area (Å²) in [6.07, 6.45) is 0. The Morgan fingerprint density at radius 2 is 1.79 bits per heavy atom. The van der Waals surface area contributed by atoms with E-state index >= 15 is 0 Å². The van der Waals surface area contributed by atoms with Crippen molar-refractivity contribution >= 4 is 21.6 Å². The molecule has 2 aromatic carbocycles. The number of hydrogen-bond acceptors (Lipinski definition) is 2. The van der Waals surface area contributed by atoms with Gasteiger partial charge in [0.2, 0.25) is 0 Å². The number of ether oxygens (including phenoxy) is 1. The lowest BCUT2D eigenvalue weighted by Gasteiger charge is -2.09. The molecule has 4 heteroatoms. The van der Waals surface area contributed by atoms with E-state index in [0.29, 0.717) is 13.2 Å².